The molecule has 0 saturated heterocycles. The summed E-state index contributed by atoms with van der Waals surface area (Å²) in [6, 6.07) is 12.0. The predicted molar refractivity (Wildman–Crippen MR) is 93.0 cm³/mol. The highest BCUT2D eigenvalue weighted by atomic mass is 32.1. The average molecular weight is 341 g/mol. The third-order valence-electron chi connectivity index (χ3n) is 4.22. The first kappa shape index (κ1) is 15.3. The molecule has 6 nitrogen and oxygen atoms in total. The SMILES string of the molecule is Cc1nnc(N2CCn3nc([C@@H](O)Cc4ccccc4)cc3C2)s1. The molecule has 1 aliphatic heterocycles. The van der Waals surface area contributed by atoms with Crippen LogP contribution in [0.2, 0.25) is 0 Å². The molecular weight excluding hydrogens is 322 g/mol. The van der Waals surface area contributed by atoms with Crippen LogP contribution in [0.25, 0.3) is 0 Å². The van der Waals surface area contributed by atoms with Crippen molar-refractivity contribution in [3.05, 3.63) is 58.4 Å². The molecule has 7 heteroatoms. The molecule has 1 atom stereocenters. The van der Waals surface area contributed by atoms with Gasteiger partial charge in [0.1, 0.15) is 11.1 Å². The van der Waals surface area contributed by atoms with Gasteiger partial charge in [-0.15, -0.1) is 10.2 Å². The summed E-state index contributed by atoms with van der Waals surface area (Å²) in [6.45, 7) is 4.37. The highest BCUT2D eigenvalue weighted by Gasteiger charge is 2.23. The van der Waals surface area contributed by atoms with Crippen LogP contribution in [0.4, 0.5) is 5.13 Å². The Morgan fingerprint density at radius 3 is 2.79 bits per heavy atom. The lowest BCUT2D eigenvalue weighted by Gasteiger charge is -2.26. The molecule has 2 aromatic heterocycles. The van der Waals surface area contributed by atoms with E-state index in [0.29, 0.717) is 6.42 Å². The van der Waals surface area contributed by atoms with Gasteiger partial charge in [0.2, 0.25) is 5.13 Å². The Morgan fingerprint density at radius 2 is 2.04 bits per heavy atom. The summed E-state index contributed by atoms with van der Waals surface area (Å²) in [5.74, 6) is 0. The maximum atomic E-state index is 10.5. The van der Waals surface area contributed by atoms with Gasteiger partial charge in [-0.3, -0.25) is 4.68 Å². The quantitative estimate of drug-likeness (QED) is 0.789. The number of aromatic nitrogens is 4. The molecule has 1 N–H and O–H groups in total. The van der Waals surface area contributed by atoms with Gasteiger partial charge in [-0.05, 0) is 18.6 Å². The van der Waals surface area contributed by atoms with Gasteiger partial charge < -0.3 is 10.0 Å². The van der Waals surface area contributed by atoms with Gasteiger partial charge >= 0.3 is 0 Å². The van der Waals surface area contributed by atoms with Crippen LogP contribution in [0.1, 0.15) is 28.1 Å². The van der Waals surface area contributed by atoms with Crippen LogP contribution in [0.15, 0.2) is 36.4 Å². The second-order valence-electron chi connectivity index (χ2n) is 6.01. The number of aliphatic hydroxyl groups excluding tert-OH is 1. The minimum absolute atomic E-state index is 0.580. The molecule has 0 aliphatic carbocycles. The van der Waals surface area contributed by atoms with Crippen molar-refractivity contribution in [2.45, 2.75) is 32.5 Å². The van der Waals surface area contributed by atoms with Gasteiger partial charge in [-0.1, -0.05) is 41.7 Å². The molecule has 24 heavy (non-hydrogen) atoms. The first-order valence-electron chi connectivity index (χ1n) is 8.03. The van der Waals surface area contributed by atoms with E-state index < -0.39 is 6.10 Å². The molecule has 4 rings (SSSR count). The van der Waals surface area contributed by atoms with Crippen LogP contribution in [0, 0.1) is 6.92 Å². The molecule has 0 radical (unpaired) electrons. The van der Waals surface area contributed by atoms with E-state index in [4.69, 9.17) is 0 Å². The van der Waals surface area contributed by atoms with Gasteiger partial charge in [0, 0.05) is 13.0 Å². The van der Waals surface area contributed by atoms with Crippen LogP contribution in [-0.2, 0) is 19.5 Å². The highest BCUT2D eigenvalue weighted by molar-refractivity contribution is 7.15. The normalized spacial score (nSPS) is 15.3. The zero-order chi connectivity index (χ0) is 16.5. The van der Waals surface area contributed by atoms with Crippen LogP contribution < -0.4 is 4.90 Å². The Kier molecular flexibility index (Phi) is 4.03. The van der Waals surface area contributed by atoms with Gasteiger partial charge in [0.15, 0.2) is 0 Å². The van der Waals surface area contributed by atoms with Crippen molar-refractivity contribution in [3.8, 4) is 0 Å². The Hall–Kier alpha value is -2.25. The fourth-order valence-corrected chi connectivity index (χ4v) is 3.68. The van der Waals surface area contributed by atoms with Gasteiger partial charge in [-0.25, -0.2) is 0 Å². The van der Waals surface area contributed by atoms with Crippen molar-refractivity contribution in [2.75, 3.05) is 11.4 Å². The van der Waals surface area contributed by atoms with E-state index in [1.165, 1.54) is 0 Å². The number of aliphatic hydroxyl groups is 1. The predicted octanol–water partition coefficient (Wildman–Crippen LogP) is 2.34. The van der Waals surface area contributed by atoms with Crippen LogP contribution in [0.3, 0.4) is 0 Å². The van der Waals surface area contributed by atoms with Crippen molar-refractivity contribution < 1.29 is 5.11 Å². The number of rotatable bonds is 4. The van der Waals surface area contributed by atoms with E-state index in [9.17, 15) is 5.11 Å². The molecule has 3 aromatic rings. The van der Waals surface area contributed by atoms with E-state index in [2.05, 4.69) is 20.2 Å². The van der Waals surface area contributed by atoms with Crippen molar-refractivity contribution in [1.29, 1.82) is 0 Å². The van der Waals surface area contributed by atoms with E-state index in [0.717, 1.165) is 46.7 Å². The number of benzene rings is 1. The lowest BCUT2D eigenvalue weighted by Crippen LogP contribution is -2.33. The Bertz CT molecular complexity index is 829. The minimum Gasteiger partial charge on any atom is -0.386 e. The van der Waals surface area contributed by atoms with Crippen LogP contribution >= 0.6 is 11.3 Å². The average Bonchev–Trinajstić information content (AvgIpc) is 3.21. The second kappa shape index (κ2) is 6.33. The summed E-state index contributed by atoms with van der Waals surface area (Å²) in [5, 5.41) is 25.3. The van der Waals surface area contributed by atoms with Crippen molar-refractivity contribution in [3.63, 3.8) is 0 Å². The molecule has 0 bridgehead atoms. The van der Waals surface area contributed by atoms with Crippen LogP contribution in [-0.4, -0.2) is 31.6 Å². The van der Waals surface area contributed by atoms with E-state index in [-0.39, 0.29) is 0 Å². The highest BCUT2D eigenvalue weighted by Crippen LogP contribution is 2.26. The molecule has 0 fully saturated rings. The number of anilines is 1. The zero-order valence-corrected chi connectivity index (χ0v) is 14.3. The fraction of sp³-hybridized carbons (Fsp3) is 0.353. The molecule has 0 unspecified atom stereocenters. The standard InChI is InChI=1S/C17H19N5OS/c1-12-18-19-17(24-12)21-7-8-22-14(11-21)10-15(20-22)16(23)9-13-5-3-2-4-6-13/h2-6,10,16,23H,7-9,11H2,1H3/t16-/m0/s1. The van der Waals surface area contributed by atoms with Crippen molar-refractivity contribution in [1.82, 2.24) is 20.0 Å². The molecule has 0 amide bonds. The van der Waals surface area contributed by atoms with Crippen molar-refractivity contribution in [2.24, 2.45) is 0 Å². The number of aryl methyl sites for hydroxylation is 1. The maximum absolute atomic E-state index is 10.5. The number of hydrogen-bond donors (Lipinski definition) is 1. The Balaban J connectivity index is 1.50. The topological polar surface area (TPSA) is 67.1 Å². The maximum Gasteiger partial charge on any atom is 0.208 e. The molecule has 1 aromatic carbocycles. The minimum atomic E-state index is -0.581. The summed E-state index contributed by atoms with van der Waals surface area (Å²) in [6.07, 6.45) is -0.000848. The molecule has 1 aliphatic rings. The largest absolute Gasteiger partial charge is 0.386 e. The number of fused-ring (bicyclic) bond motifs is 1. The van der Waals surface area contributed by atoms with Gasteiger partial charge in [0.05, 0.1) is 24.5 Å². The second-order valence-corrected chi connectivity index (χ2v) is 7.17. The summed E-state index contributed by atoms with van der Waals surface area (Å²) in [4.78, 5) is 2.22. The molecule has 0 spiro atoms. The zero-order valence-electron chi connectivity index (χ0n) is 13.5. The Morgan fingerprint density at radius 1 is 1.21 bits per heavy atom. The van der Waals surface area contributed by atoms with E-state index in [1.807, 2.05) is 48.0 Å². The van der Waals surface area contributed by atoms with E-state index in [1.54, 1.807) is 11.3 Å². The monoisotopic (exact) mass is 341 g/mol. The third-order valence-corrected chi connectivity index (χ3v) is 5.12. The molecular formula is C17H19N5OS. The fourth-order valence-electron chi connectivity index (χ4n) is 2.97. The van der Waals surface area contributed by atoms with Gasteiger partial charge in [-0.2, -0.15) is 5.10 Å². The van der Waals surface area contributed by atoms with Crippen molar-refractivity contribution >= 4 is 16.5 Å². The first-order chi connectivity index (χ1) is 11.7. The van der Waals surface area contributed by atoms with Gasteiger partial charge in [0.25, 0.3) is 0 Å². The lowest BCUT2D eigenvalue weighted by molar-refractivity contribution is 0.172. The molecule has 3 heterocycles. The Labute approximate surface area is 144 Å². The molecule has 0 saturated carbocycles. The summed E-state index contributed by atoms with van der Waals surface area (Å²) in [7, 11) is 0. The first-order valence-corrected chi connectivity index (χ1v) is 8.84. The third kappa shape index (κ3) is 3.05. The lowest BCUT2D eigenvalue weighted by atomic mass is 10.1. The number of nitrogens with zero attached hydrogens (tertiary/aromatic N) is 5. The molecule has 124 valence electrons. The summed E-state index contributed by atoms with van der Waals surface area (Å²) in [5.41, 5.74) is 2.96. The smallest absolute Gasteiger partial charge is 0.208 e. The summed E-state index contributed by atoms with van der Waals surface area (Å²) >= 11 is 1.61. The summed E-state index contributed by atoms with van der Waals surface area (Å²) < 4.78 is 1.99. The van der Waals surface area contributed by atoms with Crippen LogP contribution in [0.5, 0.6) is 0 Å². The van der Waals surface area contributed by atoms with E-state index >= 15 is 0 Å². The number of hydrogen-bond acceptors (Lipinski definition) is 6.